The van der Waals surface area contributed by atoms with Gasteiger partial charge in [0.15, 0.2) is 16.6 Å². The van der Waals surface area contributed by atoms with Crippen LogP contribution < -0.4 is 14.2 Å². The highest BCUT2D eigenvalue weighted by Gasteiger charge is 2.31. The van der Waals surface area contributed by atoms with E-state index in [0.717, 1.165) is 30.9 Å². The fraction of sp³-hybridized carbons (Fsp3) is 0.348. The molecule has 3 heterocycles. The summed E-state index contributed by atoms with van der Waals surface area (Å²) in [4.78, 5) is 12.5. The molecule has 1 aliphatic rings. The number of para-hydroxylation sites is 1. The first kappa shape index (κ1) is 25.0. The molecular weight excluding hydrogens is 521 g/mol. The topological polar surface area (TPSA) is 134 Å². The predicted octanol–water partition coefficient (Wildman–Crippen LogP) is 3.59. The molecule has 1 fully saturated rings. The average molecular weight is 546 g/mol. The first-order valence-corrected chi connectivity index (χ1v) is 13.8. The molecule has 3 aromatic heterocycles. The lowest BCUT2D eigenvalue weighted by Gasteiger charge is -2.18. The summed E-state index contributed by atoms with van der Waals surface area (Å²) in [6.45, 7) is 1.50. The van der Waals surface area contributed by atoms with Crippen molar-refractivity contribution in [3.63, 3.8) is 0 Å². The van der Waals surface area contributed by atoms with Crippen LogP contribution in [0.1, 0.15) is 37.2 Å². The largest absolute Gasteiger partial charge is 0.494 e. The summed E-state index contributed by atoms with van der Waals surface area (Å²) < 4.78 is 55.0. The summed E-state index contributed by atoms with van der Waals surface area (Å²) in [5, 5.41) is 10.1. The Bertz CT molecular complexity index is 1500. The average Bonchev–Trinajstić information content (AvgIpc) is 3.49. The van der Waals surface area contributed by atoms with Crippen molar-refractivity contribution in [3.05, 3.63) is 53.3 Å². The number of aromatic nitrogens is 6. The van der Waals surface area contributed by atoms with Gasteiger partial charge in [0.05, 0.1) is 37.6 Å². The molecule has 5 rings (SSSR count). The Labute approximate surface area is 216 Å². The van der Waals surface area contributed by atoms with Crippen molar-refractivity contribution >= 4 is 27.3 Å². The van der Waals surface area contributed by atoms with Gasteiger partial charge in [0.1, 0.15) is 23.0 Å². The van der Waals surface area contributed by atoms with Gasteiger partial charge < -0.3 is 9.47 Å². The lowest BCUT2D eigenvalue weighted by molar-refractivity contribution is 0.391. The van der Waals surface area contributed by atoms with E-state index in [1.807, 2.05) is 5.38 Å². The van der Waals surface area contributed by atoms with Crippen LogP contribution in [0, 0.1) is 5.82 Å². The number of nitrogens with one attached hydrogen (secondary N) is 1. The molecule has 1 aliphatic carbocycles. The van der Waals surface area contributed by atoms with Crippen LogP contribution in [-0.4, -0.2) is 57.6 Å². The van der Waals surface area contributed by atoms with Gasteiger partial charge in [-0.25, -0.2) is 27.8 Å². The molecular formula is C23H24FN7O4S2. The molecule has 1 unspecified atom stereocenters. The standard InChI is InChI=1S/C23H24FN7O4S2/c1-13(9-19-25-10-15(24)11-26-19)37(32,33)30-23-29-28-21(22-27-16(12-36-22)14-7-8-14)31(23)20-17(34-2)5-4-6-18(20)35-3/h4-6,10-14H,7-9H2,1-3H3,(H,29,30). The number of rotatable bonds is 10. The monoisotopic (exact) mass is 545 g/mol. The van der Waals surface area contributed by atoms with Gasteiger partial charge in [-0.3, -0.25) is 9.29 Å². The highest BCUT2D eigenvalue weighted by Crippen LogP contribution is 2.43. The maximum Gasteiger partial charge on any atom is 0.243 e. The number of ether oxygens (including phenoxy) is 2. The summed E-state index contributed by atoms with van der Waals surface area (Å²) in [7, 11) is -0.993. The van der Waals surface area contributed by atoms with Gasteiger partial charge in [0, 0.05) is 17.7 Å². The maximum atomic E-state index is 13.3. The van der Waals surface area contributed by atoms with E-state index in [1.165, 1.54) is 37.0 Å². The Balaban J connectivity index is 1.56. The van der Waals surface area contributed by atoms with E-state index in [-0.39, 0.29) is 18.2 Å². The fourth-order valence-corrected chi connectivity index (χ4v) is 5.58. The molecule has 37 heavy (non-hydrogen) atoms. The zero-order chi connectivity index (χ0) is 26.2. The number of hydrogen-bond acceptors (Lipinski definition) is 10. The van der Waals surface area contributed by atoms with E-state index in [0.29, 0.717) is 33.9 Å². The van der Waals surface area contributed by atoms with Gasteiger partial charge in [-0.15, -0.1) is 21.5 Å². The van der Waals surface area contributed by atoms with Crippen molar-refractivity contribution < 1.29 is 22.3 Å². The number of sulfonamides is 1. The number of nitrogens with zero attached hydrogens (tertiary/aromatic N) is 6. The summed E-state index contributed by atoms with van der Waals surface area (Å²) in [5.74, 6) is 1.16. The highest BCUT2D eigenvalue weighted by molar-refractivity contribution is 7.93. The Morgan fingerprint density at radius 2 is 1.84 bits per heavy atom. The molecule has 0 saturated heterocycles. The molecule has 1 atom stereocenters. The van der Waals surface area contributed by atoms with Crippen LogP contribution in [0.3, 0.4) is 0 Å². The number of thiazole rings is 1. The summed E-state index contributed by atoms with van der Waals surface area (Å²) in [6, 6.07) is 5.21. The van der Waals surface area contributed by atoms with E-state index in [2.05, 4.69) is 24.9 Å². The van der Waals surface area contributed by atoms with Crippen LogP contribution >= 0.6 is 11.3 Å². The molecule has 14 heteroatoms. The SMILES string of the molecule is COc1cccc(OC)c1-n1c(NS(=O)(=O)C(C)Cc2ncc(F)cn2)nnc1-c1nc(C2CC2)cs1. The first-order valence-electron chi connectivity index (χ1n) is 11.4. The van der Waals surface area contributed by atoms with E-state index in [9.17, 15) is 12.8 Å². The molecule has 0 amide bonds. The lowest BCUT2D eigenvalue weighted by Crippen LogP contribution is -2.29. The van der Waals surface area contributed by atoms with Gasteiger partial charge >= 0.3 is 0 Å². The molecule has 4 aromatic rings. The van der Waals surface area contributed by atoms with Gasteiger partial charge in [-0.2, -0.15) is 0 Å². The Morgan fingerprint density at radius 1 is 1.16 bits per heavy atom. The van der Waals surface area contributed by atoms with Gasteiger partial charge in [-0.1, -0.05) is 6.07 Å². The van der Waals surface area contributed by atoms with Crippen LogP contribution in [0.25, 0.3) is 16.5 Å². The summed E-state index contributed by atoms with van der Waals surface area (Å²) >= 11 is 1.41. The number of hydrogen-bond donors (Lipinski definition) is 1. The van der Waals surface area contributed by atoms with Crippen LogP contribution in [-0.2, 0) is 16.4 Å². The Morgan fingerprint density at radius 3 is 2.46 bits per heavy atom. The molecule has 0 bridgehead atoms. The van der Waals surface area contributed by atoms with Crippen LogP contribution in [0.5, 0.6) is 11.5 Å². The Kier molecular flexibility index (Phi) is 6.77. The van der Waals surface area contributed by atoms with Crippen molar-refractivity contribution in [2.45, 2.75) is 37.4 Å². The smallest absolute Gasteiger partial charge is 0.243 e. The Hall–Kier alpha value is -3.65. The van der Waals surface area contributed by atoms with E-state index in [4.69, 9.17) is 14.5 Å². The summed E-state index contributed by atoms with van der Waals surface area (Å²) in [5.41, 5.74) is 1.40. The molecule has 11 nitrogen and oxygen atoms in total. The third-order valence-electron chi connectivity index (χ3n) is 5.90. The lowest BCUT2D eigenvalue weighted by atomic mass is 10.2. The molecule has 1 N–H and O–H groups in total. The molecule has 0 spiro atoms. The normalized spacial score (nSPS) is 14.4. The van der Waals surface area contributed by atoms with Crippen molar-refractivity contribution in [1.29, 1.82) is 0 Å². The second-order valence-corrected chi connectivity index (χ2v) is 11.5. The number of benzene rings is 1. The van der Waals surface area contributed by atoms with E-state index >= 15 is 0 Å². The first-order chi connectivity index (χ1) is 17.8. The zero-order valence-corrected chi connectivity index (χ0v) is 21.9. The quantitative estimate of drug-likeness (QED) is 0.317. The van der Waals surface area contributed by atoms with Gasteiger partial charge in [-0.05, 0) is 31.9 Å². The number of halogens is 1. The number of anilines is 1. The fourth-order valence-electron chi connectivity index (χ4n) is 3.75. The molecule has 1 saturated carbocycles. The second-order valence-electron chi connectivity index (χ2n) is 8.52. The highest BCUT2D eigenvalue weighted by atomic mass is 32.2. The van der Waals surface area contributed by atoms with Gasteiger partial charge in [0.2, 0.25) is 16.0 Å². The minimum atomic E-state index is -4.00. The van der Waals surface area contributed by atoms with Gasteiger partial charge in [0.25, 0.3) is 0 Å². The molecule has 194 valence electrons. The van der Waals surface area contributed by atoms with Crippen molar-refractivity contribution in [1.82, 2.24) is 29.7 Å². The maximum absolute atomic E-state index is 13.3. The minimum Gasteiger partial charge on any atom is -0.494 e. The van der Waals surface area contributed by atoms with Crippen LogP contribution in [0.4, 0.5) is 10.3 Å². The molecule has 0 radical (unpaired) electrons. The predicted molar refractivity (Wildman–Crippen MR) is 135 cm³/mol. The van der Waals surface area contributed by atoms with Crippen LogP contribution in [0.15, 0.2) is 36.0 Å². The van der Waals surface area contributed by atoms with Crippen molar-refractivity contribution in [3.8, 4) is 28.0 Å². The van der Waals surface area contributed by atoms with Crippen molar-refractivity contribution in [2.75, 3.05) is 18.9 Å². The zero-order valence-electron chi connectivity index (χ0n) is 20.3. The van der Waals surface area contributed by atoms with Crippen LogP contribution in [0.2, 0.25) is 0 Å². The van der Waals surface area contributed by atoms with E-state index in [1.54, 1.807) is 18.2 Å². The molecule has 0 aliphatic heterocycles. The second kappa shape index (κ2) is 10.0. The third kappa shape index (κ3) is 5.11. The molecule has 1 aromatic carbocycles. The van der Waals surface area contributed by atoms with Crippen molar-refractivity contribution in [2.24, 2.45) is 0 Å². The third-order valence-corrected chi connectivity index (χ3v) is 8.45. The summed E-state index contributed by atoms with van der Waals surface area (Å²) in [6.07, 6.45) is 4.14. The minimum absolute atomic E-state index is 0.0359. The van der Waals surface area contributed by atoms with E-state index < -0.39 is 21.1 Å². The number of methoxy groups -OCH3 is 2.